The lowest BCUT2D eigenvalue weighted by Crippen LogP contribution is -2.27. The summed E-state index contributed by atoms with van der Waals surface area (Å²) in [6, 6.07) is 7.18. The Morgan fingerprint density at radius 2 is 1.94 bits per heavy atom. The van der Waals surface area contributed by atoms with Crippen LogP contribution in [0.3, 0.4) is 0 Å². The van der Waals surface area contributed by atoms with Crippen LogP contribution in [-0.2, 0) is 0 Å². The summed E-state index contributed by atoms with van der Waals surface area (Å²) >= 11 is 0. The monoisotopic (exact) mass is 248 g/mol. The van der Waals surface area contributed by atoms with Gasteiger partial charge < -0.3 is 5.32 Å². The zero-order chi connectivity index (χ0) is 13.0. The Labute approximate surface area is 108 Å². The van der Waals surface area contributed by atoms with E-state index in [1.165, 1.54) is 32.1 Å². The van der Waals surface area contributed by atoms with E-state index in [1.807, 2.05) is 6.07 Å². The maximum Gasteiger partial charge on any atom is 0.292 e. The van der Waals surface area contributed by atoms with E-state index in [2.05, 4.69) is 12.2 Å². The molecule has 1 aromatic rings. The molecule has 98 valence electrons. The smallest absolute Gasteiger partial charge is 0.292 e. The molecule has 0 amide bonds. The largest absolute Gasteiger partial charge is 0.377 e. The number of hydrogen-bond acceptors (Lipinski definition) is 3. The summed E-state index contributed by atoms with van der Waals surface area (Å²) in [7, 11) is 0. The van der Waals surface area contributed by atoms with Gasteiger partial charge in [0.1, 0.15) is 5.69 Å². The predicted molar refractivity (Wildman–Crippen MR) is 72.8 cm³/mol. The molecule has 0 aliphatic heterocycles. The Kier molecular flexibility index (Phi) is 4.18. The van der Waals surface area contributed by atoms with Crippen LogP contribution in [0.25, 0.3) is 0 Å². The number of nitrogens with zero attached hydrogens (tertiary/aromatic N) is 1. The Balaban J connectivity index is 2.06. The summed E-state index contributed by atoms with van der Waals surface area (Å²) in [4.78, 5) is 10.6. The van der Waals surface area contributed by atoms with Gasteiger partial charge in [-0.15, -0.1) is 0 Å². The molecule has 18 heavy (non-hydrogen) atoms. The highest BCUT2D eigenvalue weighted by Gasteiger charge is 2.22. The maximum absolute atomic E-state index is 10.9. The first kappa shape index (κ1) is 12.9. The summed E-state index contributed by atoms with van der Waals surface area (Å²) in [5.74, 6) is 0.638. The molecule has 1 N–H and O–H groups in total. The van der Waals surface area contributed by atoms with Gasteiger partial charge in [-0.3, -0.25) is 10.1 Å². The Morgan fingerprint density at radius 1 is 1.28 bits per heavy atom. The van der Waals surface area contributed by atoms with E-state index in [0.29, 0.717) is 17.6 Å². The molecule has 2 rings (SSSR count). The minimum Gasteiger partial charge on any atom is -0.377 e. The van der Waals surface area contributed by atoms with Crippen molar-refractivity contribution in [3.05, 3.63) is 34.4 Å². The third-order valence-corrected chi connectivity index (χ3v) is 3.84. The van der Waals surface area contributed by atoms with Gasteiger partial charge in [0.15, 0.2) is 0 Å². The lowest BCUT2D eigenvalue weighted by Gasteiger charge is -2.28. The average molecular weight is 248 g/mol. The van der Waals surface area contributed by atoms with Crippen molar-refractivity contribution in [2.75, 3.05) is 5.32 Å². The molecule has 4 heteroatoms. The number of nitro benzene ring substituents is 1. The van der Waals surface area contributed by atoms with Crippen molar-refractivity contribution >= 4 is 11.4 Å². The predicted octanol–water partition coefficient (Wildman–Crippen LogP) is 3.98. The van der Waals surface area contributed by atoms with Crippen molar-refractivity contribution in [2.24, 2.45) is 5.92 Å². The van der Waals surface area contributed by atoms with Crippen LogP contribution < -0.4 is 5.32 Å². The van der Waals surface area contributed by atoms with Crippen LogP contribution in [0.5, 0.6) is 0 Å². The molecule has 0 spiro atoms. The van der Waals surface area contributed by atoms with Crippen molar-refractivity contribution in [3.8, 4) is 0 Å². The molecule has 0 saturated heterocycles. The maximum atomic E-state index is 10.9. The summed E-state index contributed by atoms with van der Waals surface area (Å²) < 4.78 is 0. The Bertz CT molecular complexity index is 414. The van der Waals surface area contributed by atoms with Crippen LogP contribution >= 0.6 is 0 Å². The van der Waals surface area contributed by atoms with Crippen molar-refractivity contribution in [3.63, 3.8) is 0 Å². The van der Waals surface area contributed by atoms with Gasteiger partial charge in [-0.25, -0.2) is 0 Å². The van der Waals surface area contributed by atoms with Gasteiger partial charge in [0, 0.05) is 12.1 Å². The van der Waals surface area contributed by atoms with Crippen LogP contribution in [0.4, 0.5) is 11.4 Å². The van der Waals surface area contributed by atoms with E-state index in [9.17, 15) is 10.1 Å². The molecule has 1 aliphatic carbocycles. The summed E-state index contributed by atoms with van der Waals surface area (Å²) in [5.41, 5.74) is 0.806. The van der Waals surface area contributed by atoms with Crippen LogP contribution in [0.2, 0.25) is 0 Å². The van der Waals surface area contributed by atoms with Crippen LogP contribution in [0.15, 0.2) is 24.3 Å². The first-order valence-corrected chi connectivity index (χ1v) is 6.68. The second-order valence-corrected chi connectivity index (χ2v) is 5.11. The third-order valence-electron chi connectivity index (χ3n) is 3.84. The summed E-state index contributed by atoms with van der Waals surface area (Å²) in [6.45, 7) is 2.13. The molecule has 0 aromatic heterocycles. The highest BCUT2D eigenvalue weighted by atomic mass is 16.6. The first-order valence-electron chi connectivity index (χ1n) is 6.68. The molecule has 1 fully saturated rings. The highest BCUT2D eigenvalue weighted by molar-refractivity contribution is 5.61. The second-order valence-electron chi connectivity index (χ2n) is 5.11. The standard InChI is InChI=1S/C14H20N2O2/c1-11(12-7-3-2-4-8-12)15-13-9-5-6-10-14(13)16(17)18/h5-6,9-12,15H,2-4,7-8H2,1H3. The first-order chi connectivity index (χ1) is 8.68. The number of hydrogen-bond donors (Lipinski definition) is 1. The molecule has 4 nitrogen and oxygen atoms in total. The minimum absolute atomic E-state index is 0.167. The minimum atomic E-state index is -0.323. The van der Waals surface area contributed by atoms with Crippen LogP contribution in [0, 0.1) is 16.0 Å². The van der Waals surface area contributed by atoms with Crippen LogP contribution in [-0.4, -0.2) is 11.0 Å². The lowest BCUT2D eigenvalue weighted by molar-refractivity contribution is -0.384. The molecular formula is C14H20N2O2. The van der Waals surface area contributed by atoms with Crippen molar-refractivity contribution in [1.82, 2.24) is 0 Å². The molecule has 0 bridgehead atoms. The number of para-hydroxylation sites is 2. The van der Waals surface area contributed by atoms with Gasteiger partial charge in [-0.05, 0) is 31.7 Å². The molecule has 1 aliphatic rings. The Hall–Kier alpha value is -1.58. The topological polar surface area (TPSA) is 55.2 Å². The summed E-state index contributed by atoms with van der Waals surface area (Å²) in [6.07, 6.45) is 6.36. The molecule has 0 heterocycles. The number of nitrogens with one attached hydrogen (secondary N) is 1. The van der Waals surface area contributed by atoms with Gasteiger partial charge in [-0.2, -0.15) is 0 Å². The van der Waals surface area contributed by atoms with Crippen molar-refractivity contribution in [1.29, 1.82) is 0 Å². The fourth-order valence-electron chi connectivity index (χ4n) is 2.75. The normalized spacial score (nSPS) is 18.3. The van der Waals surface area contributed by atoms with E-state index in [1.54, 1.807) is 18.2 Å². The number of nitro groups is 1. The van der Waals surface area contributed by atoms with Gasteiger partial charge in [0.25, 0.3) is 5.69 Å². The molecule has 1 unspecified atom stereocenters. The van der Waals surface area contributed by atoms with E-state index in [0.717, 1.165) is 0 Å². The number of benzene rings is 1. The Morgan fingerprint density at radius 3 is 2.61 bits per heavy atom. The van der Waals surface area contributed by atoms with Gasteiger partial charge >= 0.3 is 0 Å². The number of rotatable bonds is 4. The van der Waals surface area contributed by atoms with E-state index in [4.69, 9.17) is 0 Å². The second kappa shape index (κ2) is 5.85. The zero-order valence-electron chi connectivity index (χ0n) is 10.8. The van der Waals surface area contributed by atoms with Gasteiger partial charge in [0.2, 0.25) is 0 Å². The molecular weight excluding hydrogens is 228 g/mol. The molecule has 1 atom stereocenters. The lowest BCUT2D eigenvalue weighted by atomic mass is 9.84. The molecule has 0 radical (unpaired) electrons. The SMILES string of the molecule is CC(Nc1ccccc1[N+](=O)[O-])C1CCCCC1. The van der Waals surface area contributed by atoms with E-state index >= 15 is 0 Å². The molecule has 1 aromatic carbocycles. The molecule has 1 saturated carbocycles. The quantitative estimate of drug-likeness (QED) is 0.647. The van der Waals surface area contributed by atoms with E-state index in [-0.39, 0.29) is 10.6 Å². The van der Waals surface area contributed by atoms with Crippen LogP contribution in [0.1, 0.15) is 39.0 Å². The van der Waals surface area contributed by atoms with Crippen molar-refractivity contribution in [2.45, 2.75) is 45.1 Å². The fourth-order valence-corrected chi connectivity index (χ4v) is 2.75. The van der Waals surface area contributed by atoms with Crippen molar-refractivity contribution < 1.29 is 4.92 Å². The third kappa shape index (κ3) is 3.00. The zero-order valence-corrected chi connectivity index (χ0v) is 10.8. The number of anilines is 1. The van der Waals surface area contributed by atoms with E-state index < -0.39 is 0 Å². The van der Waals surface area contributed by atoms with Gasteiger partial charge in [0.05, 0.1) is 4.92 Å². The summed E-state index contributed by atoms with van der Waals surface area (Å²) in [5, 5.41) is 14.3. The fraction of sp³-hybridized carbons (Fsp3) is 0.571. The highest BCUT2D eigenvalue weighted by Crippen LogP contribution is 2.30. The van der Waals surface area contributed by atoms with Gasteiger partial charge in [-0.1, -0.05) is 31.4 Å². The average Bonchev–Trinajstić information content (AvgIpc) is 2.40.